The third-order valence-corrected chi connectivity index (χ3v) is 1.61. The van der Waals surface area contributed by atoms with E-state index in [2.05, 4.69) is 20.3 Å². The number of aromatic nitrogens is 2. The third kappa shape index (κ3) is 2.77. The molecule has 0 aromatic carbocycles. The predicted octanol–water partition coefficient (Wildman–Crippen LogP) is -0.779. The van der Waals surface area contributed by atoms with E-state index in [4.69, 9.17) is 0 Å². The molecule has 0 unspecified atom stereocenters. The van der Waals surface area contributed by atoms with Crippen molar-refractivity contribution in [3.8, 4) is 0 Å². The summed E-state index contributed by atoms with van der Waals surface area (Å²) in [5.41, 5.74) is -0.171. The molecule has 86 valence electrons. The highest BCUT2D eigenvalue weighted by atomic mass is 16.6. The molecule has 0 atom stereocenters. The van der Waals surface area contributed by atoms with Gasteiger partial charge in [0, 0.05) is 0 Å². The summed E-state index contributed by atoms with van der Waals surface area (Å²) in [5, 5.41) is 17.9. The maximum Gasteiger partial charge on any atom is 0.343 e. The molecule has 0 radical (unpaired) electrons. The SMILES string of the molecule is COC(=O)CNC(=O)c1cc([N+](=O)[O-])[nH]n1. The molecule has 2 N–H and O–H groups in total. The summed E-state index contributed by atoms with van der Waals surface area (Å²) in [6, 6.07) is 0.965. The van der Waals surface area contributed by atoms with E-state index < -0.39 is 22.6 Å². The highest BCUT2D eigenvalue weighted by Gasteiger charge is 2.16. The van der Waals surface area contributed by atoms with Crippen LogP contribution in [0.4, 0.5) is 5.82 Å². The summed E-state index contributed by atoms with van der Waals surface area (Å²) in [5.74, 6) is -1.73. The first-order valence-corrected chi connectivity index (χ1v) is 4.09. The second-order valence-electron chi connectivity index (χ2n) is 2.65. The first-order valence-electron chi connectivity index (χ1n) is 4.09. The Morgan fingerprint density at radius 3 is 2.88 bits per heavy atom. The fourth-order valence-electron chi connectivity index (χ4n) is 0.837. The van der Waals surface area contributed by atoms with Gasteiger partial charge in [0.1, 0.15) is 6.54 Å². The number of aromatic amines is 1. The van der Waals surface area contributed by atoms with E-state index in [1.54, 1.807) is 0 Å². The van der Waals surface area contributed by atoms with E-state index in [1.807, 2.05) is 0 Å². The van der Waals surface area contributed by atoms with Crippen LogP contribution in [0.2, 0.25) is 0 Å². The lowest BCUT2D eigenvalue weighted by molar-refractivity contribution is -0.389. The van der Waals surface area contributed by atoms with Crippen molar-refractivity contribution in [1.82, 2.24) is 15.5 Å². The van der Waals surface area contributed by atoms with Gasteiger partial charge in [-0.05, 0) is 4.92 Å². The highest BCUT2D eigenvalue weighted by molar-refractivity contribution is 5.94. The van der Waals surface area contributed by atoms with Gasteiger partial charge >= 0.3 is 11.8 Å². The summed E-state index contributed by atoms with van der Waals surface area (Å²) in [6.07, 6.45) is 0. The van der Waals surface area contributed by atoms with Crippen molar-refractivity contribution in [2.24, 2.45) is 0 Å². The van der Waals surface area contributed by atoms with Crippen molar-refractivity contribution in [2.45, 2.75) is 0 Å². The lowest BCUT2D eigenvalue weighted by atomic mass is 10.4. The minimum Gasteiger partial charge on any atom is -0.468 e. The van der Waals surface area contributed by atoms with Crippen LogP contribution in [0.5, 0.6) is 0 Å². The maximum atomic E-state index is 11.3. The zero-order valence-electron chi connectivity index (χ0n) is 8.22. The molecule has 1 rings (SSSR count). The molecule has 0 aliphatic carbocycles. The van der Waals surface area contributed by atoms with E-state index in [1.165, 1.54) is 7.11 Å². The number of nitrogens with zero attached hydrogens (tertiary/aromatic N) is 2. The molecule has 0 fully saturated rings. The number of carbonyl (C=O) groups is 2. The molecule has 1 aromatic heterocycles. The average molecular weight is 228 g/mol. The number of carbonyl (C=O) groups excluding carboxylic acids is 2. The van der Waals surface area contributed by atoms with Gasteiger partial charge in [-0.3, -0.25) is 9.59 Å². The Morgan fingerprint density at radius 2 is 2.38 bits per heavy atom. The largest absolute Gasteiger partial charge is 0.468 e. The number of hydrogen-bond acceptors (Lipinski definition) is 6. The van der Waals surface area contributed by atoms with Crippen LogP contribution >= 0.6 is 0 Å². The summed E-state index contributed by atoms with van der Waals surface area (Å²) >= 11 is 0. The predicted molar refractivity (Wildman–Crippen MR) is 49.6 cm³/mol. The van der Waals surface area contributed by atoms with Crippen molar-refractivity contribution < 1.29 is 19.2 Å². The normalized spacial score (nSPS) is 9.56. The number of H-pyrrole nitrogens is 1. The Hall–Kier alpha value is -2.45. The van der Waals surface area contributed by atoms with E-state index >= 15 is 0 Å². The fraction of sp³-hybridized carbons (Fsp3) is 0.286. The van der Waals surface area contributed by atoms with E-state index in [9.17, 15) is 19.7 Å². The molecule has 0 spiro atoms. The van der Waals surface area contributed by atoms with Crippen molar-refractivity contribution >= 4 is 17.7 Å². The van der Waals surface area contributed by atoms with Gasteiger partial charge in [-0.15, -0.1) is 5.10 Å². The first-order chi connectivity index (χ1) is 7.54. The lowest BCUT2D eigenvalue weighted by Gasteiger charge is -1.99. The van der Waals surface area contributed by atoms with Crippen molar-refractivity contribution in [3.63, 3.8) is 0 Å². The zero-order valence-corrected chi connectivity index (χ0v) is 8.22. The Kier molecular flexibility index (Phi) is 3.53. The van der Waals surface area contributed by atoms with Crippen LogP contribution in [0.25, 0.3) is 0 Å². The van der Waals surface area contributed by atoms with Crippen molar-refractivity contribution in [1.29, 1.82) is 0 Å². The molecule has 0 saturated carbocycles. The van der Waals surface area contributed by atoms with Gasteiger partial charge in [0.2, 0.25) is 0 Å². The van der Waals surface area contributed by atoms with Crippen molar-refractivity contribution in [2.75, 3.05) is 13.7 Å². The standard InChI is InChI=1S/C7H8N4O5/c1-16-6(12)3-8-7(13)4-2-5(10-9-4)11(14)15/h2H,3H2,1H3,(H,8,13)(H,9,10). The first kappa shape index (κ1) is 11.6. The number of ether oxygens (including phenoxy) is 1. The van der Waals surface area contributed by atoms with E-state index in [0.717, 1.165) is 6.07 Å². The molecule has 1 aromatic rings. The Morgan fingerprint density at radius 1 is 1.69 bits per heavy atom. The molecule has 1 heterocycles. The molecular weight excluding hydrogens is 220 g/mol. The number of methoxy groups -OCH3 is 1. The van der Waals surface area contributed by atoms with Crippen LogP contribution in [-0.4, -0.2) is 40.7 Å². The number of esters is 1. The monoisotopic (exact) mass is 228 g/mol. The smallest absolute Gasteiger partial charge is 0.343 e. The molecule has 16 heavy (non-hydrogen) atoms. The van der Waals surface area contributed by atoms with Gasteiger partial charge < -0.3 is 20.2 Å². The topological polar surface area (TPSA) is 127 Å². The molecule has 9 heteroatoms. The maximum absolute atomic E-state index is 11.3. The Labute approximate surface area is 88.9 Å². The quantitative estimate of drug-likeness (QED) is 0.395. The summed E-state index contributed by atoms with van der Waals surface area (Å²) in [7, 11) is 1.17. The molecule has 0 aliphatic rings. The van der Waals surface area contributed by atoms with Crippen LogP contribution in [0.15, 0.2) is 6.07 Å². The van der Waals surface area contributed by atoms with Crippen LogP contribution < -0.4 is 5.32 Å². The summed E-state index contributed by atoms with van der Waals surface area (Å²) < 4.78 is 4.29. The molecule has 1 amide bonds. The van der Waals surface area contributed by atoms with Gasteiger partial charge in [0.25, 0.3) is 5.91 Å². The minimum absolute atomic E-state index is 0.171. The second kappa shape index (κ2) is 4.87. The molecule has 0 saturated heterocycles. The van der Waals surface area contributed by atoms with Gasteiger partial charge in [0.15, 0.2) is 5.69 Å². The minimum atomic E-state index is -0.718. The Balaban J connectivity index is 2.59. The van der Waals surface area contributed by atoms with Gasteiger partial charge in [-0.25, -0.2) is 0 Å². The van der Waals surface area contributed by atoms with Gasteiger partial charge in [-0.1, -0.05) is 5.10 Å². The van der Waals surface area contributed by atoms with E-state index in [0.29, 0.717) is 0 Å². The van der Waals surface area contributed by atoms with Gasteiger partial charge in [0.05, 0.1) is 13.2 Å². The van der Waals surface area contributed by atoms with Crippen LogP contribution in [-0.2, 0) is 9.53 Å². The second-order valence-corrected chi connectivity index (χ2v) is 2.65. The van der Waals surface area contributed by atoms with Crippen molar-refractivity contribution in [3.05, 3.63) is 21.9 Å². The highest BCUT2D eigenvalue weighted by Crippen LogP contribution is 2.07. The third-order valence-electron chi connectivity index (χ3n) is 1.61. The number of hydrogen-bond donors (Lipinski definition) is 2. The number of rotatable bonds is 4. The summed E-state index contributed by atoms with van der Waals surface area (Å²) in [6.45, 7) is -0.323. The average Bonchev–Trinajstić information content (AvgIpc) is 2.74. The molecule has 0 bridgehead atoms. The number of nitrogens with one attached hydrogen (secondary N) is 2. The zero-order chi connectivity index (χ0) is 12.1. The molecule has 0 aliphatic heterocycles. The van der Waals surface area contributed by atoms with Crippen LogP contribution in [0.3, 0.4) is 0 Å². The van der Waals surface area contributed by atoms with Crippen LogP contribution in [0.1, 0.15) is 10.5 Å². The fourth-order valence-corrected chi connectivity index (χ4v) is 0.837. The van der Waals surface area contributed by atoms with E-state index in [-0.39, 0.29) is 12.2 Å². The Bertz CT molecular complexity index is 426. The summed E-state index contributed by atoms with van der Waals surface area (Å²) in [4.78, 5) is 31.5. The van der Waals surface area contributed by atoms with Crippen LogP contribution in [0, 0.1) is 10.1 Å². The molecule has 9 nitrogen and oxygen atoms in total. The van der Waals surface area contributed by atoms with Gasteiger partial charge in [-0.2, -0.15) is 0 Å². The number of nitro groups is 1. The molecular formula is C7H8N4O5. The number of amides is 1. The lowest BCUT2D eigenvalue weighted by Crippen LogP contribution is -2.30.